The van der Waals surface area contributed by atoms with Gasteiger partial charge in [0, 0.05) is 39.3 Å². The summed E-state index contributed by atoms with van der Waals surface area (Å²) in [4.78, 5) is 17.0. The molecule has 1 saturated heterocycles. The van der Waals surface area contributed by atoms with Crippen LogP contribution in [-0.2, 0) is 17.8 Å². The van der Waals surface area contributed by atoms with Crippen LogP contribution in [0.3, 0.4) is 0 Å². The second-order valence-corrected chi connectivity index (χ2v) is 8.09. The van der Waals surface area contributed by atoms with Gasteiger partial charge in [-0.05, 0) is 52.2 Å². The molecule has 1 aliphatic heterocycles. The first-order valence-electron chi connectivity index (χ1n) is 9.79. The van der Waals surface area contributed by atoms with E-state index in [4.69, 9.17) is 0 Å². The van der Waals surface area contributed by atoms with Crippen molar-refractivity contribution in [3.05, 3.63) is 69.9 Å². The van der Waals surface area contributed by atoms with Crippen molar-refractivity contribution >= 4 is 21.8 Å². The Labute approximate surface area is 174 Å². The van der Waals surface area contributed by atoms with Gasteiger partial charge in [0.1, 0.15) is 5.82 Å². The maximum atomic E-state index is 13.2. The Morgan fingerprint density at radius 2 is 1.71 bits per heavy atom. The third-order valence-corrected chi connectivity index (χ3v) is 5.64. The van der Waals surface area contributed by atoms with E-state index in [0.29, 0.717) is 11.0 Å². The van der Waals surface area contributed by atoms with Gasteiger partial charge in [-0.15, -0.1) is 0 Å². The van der Waals surface area contributed by atoms with Crippen LogP contribution in [0.15, 0.2) is 53.0 Å². The fourth-order valence-corrected chi connectivity index (χ4v) is 3.87. The van der Waals surface area contributed by atoms with Crippen molar-refractivity contribution in [2.45, 2.75) is 19.4 Å². The van der Waals surface area contributed by atoms with E-state index in [-0.39, 0.29) is 18.1 Å². The first kappa shape index (κ1) is 21.0. The third kappa shape index (κ3) is 6.69. The molecule has 1 amide bonds. The number of carbonyl (C=O) groups excluding carboxylic acids is 1. The predicted molar refractivity (Wildman–Crippen MR) is 114 cm³/mol. The fourth-order valence-electron chi connectivity index (χ4n) is 3.44. The van der Waals surface area contributed by atoms with Gasteiger partial charge in [0.2, 0.25) is 5.91 Å². The van der Waals surface area contributed by atoms with E-state index in [1.807, 2.05) is 0 Å². The zero-order valence-corrected chi connectivity index (χ0v) is 17.6. The molecule has 150 valence electrons. The number of piperazine rings is 1. The largest absolute Gasteiger partial charge is 0.356 e. The van der Waals surface area contributed by atoms with E-state index in [1.54, 1.807) is 12.1 Å². The number of carbonyl (C=O) groups is 1. The Morgan fingerprint density at radius 1 is 1.00 bits per heavy atom. The highest BCUT2D eigenvalue weighted by Gasteiger charge is 2.16. The van der Waals surface area contributed by atoms with Crippen LogP contribution in [0, 0.1) is 5.82 Å². The van der Waals surface area contributed by atoms with E-state index in [9.17, 15) is 9.18 Å². The molecule has 6 heteroatoms. The van der Waals surface area contributed by atoms with E-state index in [2.05, 4.69) is 61.4 Å². The van der Waals surface area contributed by atoms with Crippen LogP contribution in [0.25, 0.3) is 0 Å². The molecule has 3 rings (SSSR count). The van der Waals surface area contributed by atoms with Crippen molar-refractivity contribution in [2.24, 2.45) is 0 Å². The molecule has 1 heterocycles. The number of halogens is 2. The lowest BCUT2D eigenvalue weighted by Gasteiger charge is -2.34. The maximum Gasteiger partial charge on any atom is 0.224 e. The minimum Gasteiger partial charge on any atom is -0.356 e. The summed E-state index contributed by atoms with van der Waals surface area (Å²) in [6.45, 7) is 7.01. The summed E-state index contributed by atoms with van der Waals surface area (Å²) in [6, 6.07) is 15.3. The van der Waals surface area contributed by atoms with Crippen molar-refractivity contribution in [1.82, 2.24) is 15.1 Å². The molecule has 4 nitrogen and oxygen atoms in total. The normalized spacial score (nSPS) is 15.5. The van der Waals surface area contributed by atoms with Crippen LogP contribution in [0.1, 0.15) is 17.5 Å². The highest BCUT2D eigenvalue weighted by Crippen LogP contribution is 2.17. The summed E-state index contributed by atoms with van der Waals surface area (Å²) >= 11 is 3.15. The van der Waals surface area contributed by atoms with Gasteiger partial charge in [0.15, 0.2) is 0 Å². The number of hydrogen-bond donors (Lipinski definition) is 1. The van der Waals surface area contributed by atoms with Gasteiger partial charge in [-0.3, -0.25) is 9.69 Å². The lowest BCUT2D eigenvalue weighted by atomic mass is 10.1. The molecule has 0 bridgehead atoms. The molecule has 28 heavy (non-hydrogen) atoms. The number of nitrogens with one attached hydrogen (secondary N) is 1. The number of rotatable bonds is 8. The first-order chi connectivity index (χ1) is 13.6. The van der Waals surface area contributed by atoms with Crippen LogP contribution in [0.5, 0.6) is 0 Å². The van der Waals surface area contributed by atoms with E-state index < -0.39 is 0 Å². The van der Waals surface area contributed by atoms with Crippen molar-refractivity contribution in [1.29, 1.82) is 0 Å². The standard InChI is InChI=1S/C22H27BrFN3O/c23-20-15-19(7-8-21(20)24)16-22(28)25-9-4-10-26-11-13-27(14-12-26)17-18-5-2-1-3-6-18/h1-3,5-8,15H,4,9-14,16-17H2,(H,25,28). The predicted octanol–water partition coefficient (Wildman–Crippen LogP) is 3.45. The molecule has 1 N–H and O–H groups in total. The van der Waals surface area contributed by atoms with Crippen molar-refractivity contribution < 1.29 is 9.18 Å². The molecule has 0 atom stereocenters. The highest BCUT2D eigenvalue weighted by molar-refractivity contribution is 9.10. The third-order valence-electron chi connectivity index (χ3n) is 5.04. The van der Waals surface area contributed by atoms with Crippen molar-refractivity contribution in [2.75, 3.05) is 39.3 Å². The summed E-state index contributed by atoms with van der Waals surface area (Å²) < 4.78 is 13.6. The molecule has 1 fully saturated rings. The van der Waals surface area contributed by atoms with E-state index in [1.165, 1.54) is 11.6 Å². The zero-order valence-electron chi connectivity index (χ0n) is 16.0. The Balaban J connectivity index is 1.28. The molecule has 1 aliphatic rings. The molecular formula is C22H27BrFN3O. The maximum absolute atomic E-state index is 13.2. The first-order valence-corrected chi connectivity index (χ1v) is 10.6. The molecule has 0 aliphatic carbocycles. The molecule has 0 aromatic heterocycles. The van der Waals surface area contributed by atoms with Crippen LogP contribution in [0.4, 0.5) is 4.39 Å². The van der Waals surface area contributed by atoms with Gasteiger partial charge in [-0.25, -0.2) is 4.39 Å². The Bertz CT molecular complexity index is 764. The summed E-state index contributed by atoms with van der Waals surface area (Å²) in [7, 11) is 0. The average molecular weight is 448 g/mol. The molecule has 2 aromatic rings. The Hall–Kier alpha value is -1.76. The molecule has 0 spiro atoms. The van der Waals surface area contributed by atoms with Crippen LogP contribution in [-0.4, -0.2) is 55.0 Å². The molecule has 0 unspecified atom stereocenters. The molecule has 0 saturated carbocycles. The molecular weight excluding hydrogens is 421 g/mol. The number of benzene rings is 2. The topological polar surface area (TPSA) is 35.6 Å². The lowest BCUT2D eigenvalue weighted by molar-refractivity contribution is -0.120. The number of hydrogen-bond acceptors (Lipinski definition) is 3. The summed E-state index contributed by atoms with van der Waals surface area (Å²) in [6.07, 6.45) is 1.22. The van der Waals surface area contributed by atoms with Gasteiger partial charge in [-0.1, -0.05) is 36.4 Å². The minimum atomic E-state index is -0.312. The summed E-state index contributed by atoms with van der Waals surface area (Å²) in [5.74, 6) is -0.334. The van der Waals surface area contributed by atoms with E-state index >= 15 is 0 Å². The monoisotopic (exact) mass is 447 g/mol. The van der Waals surface area contributed by atoms with Crippen LogP contribution in [0.2, 0.25) is 0 Å². The Kier molecular flexibility index (Phi) is 8.01. The van der Waals surface area contributed by atoms with Gasteiger partial charge in [0.25, 0.3) is 0 Å². The molecule has 2 aromatic carbocycles. The Morgan fingerprint density at radius 3 is 2.43 bits per heavy atom. The SMILES string of the molecule is O=C(Cc1ccc(F)c(Br)c1)NCCCN1CCN(Cc2ccccc2)CC1. The zero-order chi connectivity index (χ0) is 19.8. The summed E-state index contributed by atoms with van der Waals surface area (Å²) in [5.41, 5.74) is 2.17. The van der Waals surface area contributed by atoms with Crippen molar-refractivity contribution in [3.8, 4) is 0 Å². The summed E-state index contributed by atoms with van der Waals surface area (Å²) in [5, 5.41) is 2.96. The van der Waals surface area contributed by atoms with Gasteiger partial charge in [0.05, 0.1) is 10.9 Å². The fraction of sp³-hybridized carbons (Fsp3) is 0.409. The second-order valence-electron chi connectivity index (χ2n) is 7.23. The quantitative estimate of drug-likeness (QED) is 0.629. The lowest BCUT2D eigenvalue weighted by Crippen LogP contribution is -2.46. The van der Waals surface area contributed by atoms with Crippen LogP contribution < -0.4 is 5.32 Å². The average Bonchev–Trinajstić information content (AvgIpc) is 2.70. The van der Waals surface area contributed by atoms with Gasteiger partial charge in [-0.2, -0.15) is 0 Å². The van der Waals surface area contributed by atoms with Crippen molar-refractivity contribution in [3.63, 3.8) is 0 Å². The van der Waals surface area contributed by atoms with Crippen LogP contribution >= 0.6 is 15.9 Å². The van der Waals surface area contributed by atoms with E-state index in [0.717, 1.165) is 51.3 Å². The minimum absolute atomic E-state index is 0.0220. The van der Waals surface area contributed by atoms with Gasteiger partial charge >= 0.3 is 0 Å². The second kappa shape index (κ2) is 10.7. The van der Waals surface area contributed by atoms with Gasteiger partial charge < -0.3 is 10.2 Å². The molecule has 0 radical (unpaired) electrons. The number of amides is 1. The number of nitrogens with zero attached hydrogens (tertiary/aromatic N) is 2. The smallest absolute Gasteiger partial charge is 0.224 e. The highest BCUT2D eigenvalue weighted by atomic mass is 79.9.